The Kier molecular flexibility index (Phi) is 11.1. The Balaban J connectivity index is 0. The number of halogens is 3. The lowest BCUT2D eigenvalue weighted by Crippen LogP contribution is -2.32. The van der Waals surface area contributed by atoms with Crippen LogP contribution in [-0.2, 0) is 0 Å². The fourth-order valence-corrected chi connectivity index (χ4v) is 1.40. The molecule has 0 N–H and O–H groups in total. The van der Waals surface area contributed by atoms with Gasteiger partial charge in [-0.15, -0.1) is 35.6 Å². The minimum atomic E-state index is -0.00864. The molecule has 0 spiro atoms. The van der Waals surface area contributed by atoms with Crippen LogP contribution in [0.2, 0.25) is 0 Å². The van der Waals surface area contributed by atoms with E-state index >= 15 is 0 Å². The summed E-state index contributed by atoms with van der Waals surface area (Å²) in [6.07, 6.45) is 3.00. The second-order valence-electron chi connectivity index (χ2n) is 3.58. The Hall–Kier alpha value is 0.790. The number of hydrogen-bond donors (Lipinski definition) is 0. The summed E-state index contributed by atoms with van der Waals surface area (Å²) >= 11 is 11.8. The maximum absolute atomic E-state index is 6.03. The normalized spacial score (nSPS) is 15.4. The van der Waals surface area contributed by atoms with Crippen LogP contribution in [-0.4, -0.2) is 55.4 Å². The first-order valence-electron chi connectivity index (χ1n) is 4.35. The summed E-state index contributed by atoms with van der Waals surface area (Å²) in [7, 11) is 7.97. The van der Waals surface area contributed by atoms with E-state index in [4.69, 9.17) is 23.2 Å². The molecule has 0 aliphatic rings. The third-order valence-corrected chi connectivity index (χ3v) is 2.93. The van der Waals surface area contributed by atoms with Crippen molar-refractivity contribution in [1.29, 1.82) is 0 Å². The van der Waals surface area contributed by atoms with Gasteiger partial charge in [-0.3, -0.25) is 4.90 Å². The van der Waals surface area contributed by atoms with Gasteiger partial charge in [0.15, 0.2) is 0 Å². The molecule has 14 heavy (non-hydrogen) atoms. The molecule has 0 saturated carbocycles. The highest BCUT2D eigenvalue weighted by Crippen LogP contribution is 2.11. The Morgan fingerprint density at radius 3 is 1.93 bits per heavy atom. The molecule has 2 unspecified atom stereocenters. The van der Waals surface area contributed by atoms with Crippen LogP contribution >= 0.6 is 35.6 Å². The first kappa shape index (κ1) is 17.2. The van der Waals surface area contributed by atoms with Crippen molar-refractivity contribution in [2.45, 2.75) is 18.0 Å². The fraction of sp³-hybridized carbons (Fsp3) is 0.889. The van der Waals surface area contributed by atoms with Gasteiger partial charge in [-0.25, -0.2) is 0 Å². The third-order valence-electron chi connectivity index (χ3n) is 2.00. The molecule has 1 radical (unpaired) electrons. The van der Waals surface area contributed by atoms with Crippen LogP contribution in [0.4, 0.5) is 0 Å². The average molecular weight is 263 g/mol. The largest absolute Gasteiger partial charge is 0.305 e. The van der Waals surface area contributed by atoms with E-state index in [2.05, 4.69) is 11.3 Å². The van der Waals surface area contributed by atoms with Crippen LogP contribution in [0.1, 0.15) is 6.42 Å². The highest BCUT2D eigenvalue weighted by Gasteiger charge is 2.14. The van der Waals surface area contributed by atoms with E-state index in [1.165, 1.54) is 0 Å². The molecule has 0 amide bonds. The number of nitrogens with zero attached hydrogens (tertiary/aromatic N) is 2. The summed E-state index contributed by atoms with van der Waals surface area (Å²) in [5.74, 6) is 0.639. The van der Waals surface area contributed by atoms with Gasteiger partial charge in [-0.1, -0.05) is 0 Å². The summed E-state index contributed by atoms with van der Waals surface area (Å²) in [6.45, 7) is 0. The topological polar surface area (TPSA) is 6.48 Å². The van der Waals surface area contributed by atoms with Crippen molar-refractivity contribution in [3.8, 4) is 0 Å². The number of hydrogen-bond acceptors (Lipinski definition) is 2. The smallest absolute Gasteiger partial charge is 0.0878 e. The zero-order valence-electron chi connectivity index (χ0n) is 9.20. The molecule has 0 bridgehead atoms. The second-order valence-corrected chi connectivity index (χ2v) is 4.34. The van der Waals surface area contributed by atoms with Crippen LogP contribution < -0.4 is 0 Å². The minimum Gasteiger partial charge on any atom is -0.305 e. The zero-order chi connectivity index (χ0) is 10.4. The lowest BCUT2D eigenvalue weighted by Gasteiger charge is -2.24. The van der Waals surface area contributed by atoms with Crippen molar-refractivity contribution in [3.05, 3.63) is 6.42 Å². The molecule has 0 aromatic carbocycles. The molecule has 0 aliphatic heterocycles. The molecule has 0 rings (SSSR count). The summed E-state index contributed by atoms with van der Waals surface area (Å²) < 4.78 is 0. The summed E-state index contributed by atoms with van der Waals surface area (Å²) in [6, 6.07) is 0.378. The maximum atomic E-state index is 6.03. The Morgan fingerprint density at radius 2 is 1.64 bits per heavy atom. The van der Waals surface area contributed by atoms with Gasteiger partial charge in [-0.05, 0) is 41.0 Å². The molecule has 0 aromatic rings. The first-order chi connectivity index (χ1) is 5.99. The van der Waals surface area contributed by atoms with Crippen molar-refractivity contribution in [1.82, 2.24) is 9.80 Å². The average Bonchev–Trinajstić information content (AvgIpc) is 2.04. The predicted octanol–water partition coefficient (Wildman–Crippen LogP) is 2.30. The first-order valence-corrected chi connectivity index (χ1v) is 5.32. The van der Waals surface area contributed by atoms with Gasteiger partial charge in [0.05, 0.1) is 5.50 Å². The highest BCUT2D eigenvalue weighted by atomic mass is 35.5. The van der Waals surface area contributed by atoms with Crippen molar-refractivity contribution in [3.63, 3.8) is 0 Å². The van der Waals surface area contributed by atoms with E-state index in [0.29, 0.717) is 11.9 Å². The van der Waals surface area contributed by atoms with Crippen LogP contribution in [0.3, 0.4) is 0 Å². The molecule has 0 aliphatic carbocycles. The molecular weight excluding hydrogens is 242 g/mol. The van der Waals surface area contributed by atoms with E-state index in [1.54, 1.807) is 0 Å². The van der Waals surface area contributed by atoms with Gasteiger partial charge in [0, 0.05) is 11.9 Å². The molecule has 0 saturated heterocycles. The number of alkyl halides is 2. The molecule has 0 aromatic heterocycles. The van der Waals surface area contributed by atoms with Gasteiger partial charge < -0.3 is 4.90 Å². The molecule has 5 heteroatoms. The van der Waals surface area contributed by atoms with Crippen molar-refractivity contribution in [2.75, 3.05) is 34.1 Å². The Labute approximate surface area is 104 Å². The van der Waals surface area contributed by atoms with Gasteiger partial charge >= 0.3 is 0 Å². The minimum absolute atomic E-state index is 0. The SMILES string of the molecule is CN(C)C(Cl)[CH]CC(CCl)N(C)C.Cl. The molecule has 0 heterocycles. The second kappa shape index (κ2) is 9.05. The van der Waals surface area contributed by atoms with E-state index in [-0.39, 0.29) is 17.9 Å². The van der Waals surface area contributed by atoms with E-state index < -0.39 is 0 Å². The molecule has 2 nitrogen and oxygen atoms in total. The predicted molar refractivity (Wildman–Crippen MR) is 67.7 cm³/mol. The maximum Gasteiger partial charge on any atom is 0.0878 e. The monoisotopic (exact) mass is 261 g/mol. The highest BCUT2D eigenvalue weighted by molar-refractivity contribution is 6.21. The molecule has 87 valence electrons. The van der Waals surface area contributed by atoms with Gasteiger partial charge in [0.1, 0.15) is 0 Å². The van der Waals surface area contributed by atoms with Crippen LogP contribution in [0.15, 0.2) is 0 Å². The third kappa shape index (κ3) is 7.13. The van der Waals surface area contributed by atoms with Crippen LogP contribution in [0.5, 0.6) is 0 Å². The van der Waals surface area contributed by atoms with Crippen LogP contribution in [0, 0.1) is 6.42 Å². The van der Waals surface area contributed by atoms with Crippen molar-refractivity contribution < 1.29 is 0 Å². The summed E-state index contributed by atoms with van der Waals surface area (Å²) in [4.78, 5) is 4.07. The number of rotatable bonds is 6. The van der Waals surface area contributed by atoms with Gasteiger partial charge in [0.25, 0.3) is 0 Å². The Morgan fingerprint density at radius 1 is 1.14 bits per heavy atom. The lowest BCUT2D eigenvalue weighted by atomic mass is 10.1. The van der Waals surface area contributed by atoms with Gasteiger partial charge in [-0.2, -0.15) is 0 Å². The summed E-state index contributed by atoms with van der Waals surface area (Å²) in [5, 5.41) is 0. The van der Waals surface area contributed by atoms with Crippen LogP contribution in [0.25, 0.3) is 0 Å². The Bertz CT molecular complexity index is 131. The van der Waals surface area contributed by atoms with Gasteiger partial charge in [0.2, 0.25) is 0 Å². The van der Waals surface area contributed by atoms with Crippen molar-refractivity contribution in [2.24, 2.45) is 0 Å². The zero-order valence-corrected chi connectivity index (χ0v) is 11.5. The molecule has 2 atom stereocenters. The standard InChI is InChI=1S/C9H19Cl2N2.ClH/c1-12(2)8(7-10)5-6-9(11)13(3)4;/h6,8-9H,5,7H2,1-4H3;1H. The van der Waals surface area contributed by atoms with E-state index in [0.717, 1.165) is 6.42 Å². The molecular formula is C9H20Cl3N2. The molecule has 0 fully saturated rings. The van der Waals surface area contributed by atoms with E-state index in [9.17, 15) is 0 Å². The van der Waals surface area contributed by atoms with Crippen molar-refractivity contribution >= 4 is 35.6 Å². The quantitative estimate of drug-likeness (QED) is 0.535. The summed E-state index contributed by atoms with van der Waals surface area (Å²) in [5.41, 5.74) is -0.00864. The fourth-order valence-electron chi connectivity index (χ4n) is 0.892. The lowest BCUT2D eigenvalue weighted by molar-refractivity contribution is 0.301. The van der Waals surface area contributed by atoms with E-state index in [1.807, 2.05) is 33.1 Å².